The number of aliphatic hydroxyl groups excluding tert-OH is 1. The van der Waals surface area contributed by atoms with E-state index in [1.54, 1.807) is 24.4 Å². The maximum Gasteiger partial charge on any atom is 0.130 e. The number of nitrogens with zero attached hydrogens (tertiary/aromatic N) is 2. The van der Waals surface area contributed by atoms with Crippen LogP contribution in [0, 0.1) is 5.82 Å². The minimum Gasteiger partial charge on any atom is -0.392 e. The quantitative estimate of drug-likeness (QED) is 0.528. The Morgan fingerprint density at radius 1 is 1.14 bits per heavy atom. The maximum atomic E-state index is 14.3. The van der Waals surface area contributed by atoms with E-state index in [0.717, 1.165) is 5.56 Å². The van der Waals surface area contributed by atoms with Crippen LogP contribution in [0.1, 0.15) is 29.4 Å². The molecule has 0 radical (unpaired) electrons. The minimum atomic E-state index is -0.606. The Hall–Kier alpha value is -2.54. The molecule has 3 rings (SSSR count). The number of benzene rings is 2. The Bertz CT molecular complexity index is 854. The van der Waals surface area contributed by atoms with Gasteiger partial charge in [-0.25, -0.2) is 9.37 Å². The molecule has 1 heterocycles. The zero-order valence-electron chi connectivity index (χ0n) is 16.0. The summed E-state index contributed by atoms with van der Waals surface area (Å²) in [5.41, 5.74) is 1.61. The number of rotatable bonds is 10. The molecule has 28 heavy (non-hydrogen) atoms. The lowest BCUT2D eigenvalue weighted by Gasteiger charge is -2.21. The summed E-state index contributed by atoms with van der Waals surface area (Å²) < 4.78 is 21.8. The number of aliphatic hydroxyl groups is 1. The van der Waals surface area contributed by atoms with E-state index in [1.807, 2.05) is 48.1 Å². The van der Waals surface area contributed by atoms with Gasteiger partial charge in [0.05, 0.1) is 18.8 Å². The van der Waals surface area contributed by atoms with E-state index in [2.05, 4.69) is 10.3 Å². The number of hydrogen-bond acceptors (Lipinski definition) is 4. The summed E-state index contributed by atoms with van der Waals surface area (Å²) in [6.45, 7) is 1.27. The van der Waals surface area contributed by atoms with Crippen LogP contribution in [0.5, 0.6) is 0 Å². The number of halogens is 1. The normalized spacial score (nSPS) is 13.4. The van der Waals surface area contributed by atoms with Crippen molar-refractivity contribution in [1.82, 2.24) is 14.9 Å². The van der Waals surface area contributed by atoms with Crippen LogP contribution < -0.4 is 5.32 Å². The first kappa shape index (κ1) is 20.2. The summed E-state index contributed by atoms with van der Waals surface area (Å²) in [5, 5.41) is 13.6. The largest absolute Gasteiger partial charge is 0.392 e. The Balaban J connectivity index is 1.53. The molecule has 0 spiro atoms. The lowest BCUT2D eigenvalue weighted by atomic mass is 10.0. The van der Waals surface area contributed by atoms with Crippen molar-refractivity contribution in [2.75, 3.05) is 13.2 Å². The van der Waals surface area contributed by atoms with Crippen molar-refractivity contribution in [3.63, 3.8) is 0 Å². The number of aryl methyl sites for hydroxylation is 1. The highest BCUT2D eigenvalue weighted by molar-refractivity contribution is 5.27. The lowest BCUT2D eigenvalue weighted by molar-refractivity contribution is 0.0724. The van der Waals surface area contributed by atoms with Crippen molar-refractivity contribution in [1.29, 1.82) is 0 Å². The van der Waals surface area contributed by atoms with Gasteiger partial charge in [-0.05, 0) is 18.1 Å². The standard InChI is InChI=1S/C22H26FN3O2/c1-26-13-12-24-22(26)21(19-9-5-6-10-20(19)23)25-15-18(27)11-14-28-16-17-7-3-2-4-8-17/h2-10,12-13,18,21,25,27H,11,14-16H2,1H3. The predicted octanol–water partition coefficient (Wildman–Crippen LogP) is 3.21. The van der Waals surface area contributed by atoms with Crippen molar-refractivity contribution in [3.05, 3.63) is 89.8 Å². The molecular weight excluding hydrogens is 357 g/mol. The summed E-state index contributed by atoms with van der Waals surface area (Å²) in [6.07, 6.45) is 3.38. The van der Waals surface area contributed by atoms with Crippen LogP contribution in [0.15, 0.2) is 67.0 Å². The fourth-order valence-corrected chi connectivity index (χ4v) is 3.04. The van der Waals surface area contributed by atoms with Gasteiger partial charge in [-0.1, -0.05) is 48.5 Å². The monoisotopic (exact) mass is 383 g/mol. The van der Waals surface area contributed by atoms with E-state index in [1.165, 1.54) is 6.07 Å². The van der Waals surface area contributed by atoms with Gasteiger partial charge in [0.25, 0.3) is 0 Å². The zero-order valence-corrected chi connectivity index (χ0v) is 16.0. The second-order valence-electron chi connectivity index (χ2n) is 6.74. The fourth-order valence-electron chi connectivity index (χ4n) is 3.04. The summed E-state index contributed by atoms with van der Waals surface area (Å²) in [5.74, 6) is 0.390. The van der Waals surface area contributed by atoms with Gasteiger partial charge in [-0.3, -0.25) is 0 Å². The van der Waals surface area contributed by atoms with E-state index < -0.39 is 12.1 Å². The van der Waals surface area contributed by atoms with E-state index in [9.17, 15) is 9.50 Å². The van der Waals surface area contributed by atoms with Gasteiger partial charge in [0.2, 0.25) is 0 Å². The molecule has 2 N–H and O–H groups in total. The molecule has 5 nitrogen and oxygen atoms in total. The van der Waals surface area contributed by atoms with Crippen molar-refractivity contribution in [2.24, 2.45) is 7.05 Å². The van der Waals surface area contributed by atoms with Crippen molar-refractivity contribution in [3.8, 4) is 0 Å². The van der Waals surface area contributed by atoms with Gasteiger partial charge in [0.15, 0.2) is 0 Å². The number of aromatic nitrogens is 2. The molecule has 3 aromatic rings. The second kappa shape index (κ2) is 10.1. The molecular formula is C22H26FN3O2. The van der Waals surface area contributed by atoms with Gasteiger partial charge in [0, 0.05) is 38.2 Å². The third-order valence-corrected chi connectivity index (χ3v) is 4.60. The SMILES string of the molecule is Cn1ccnc1C(NCC(O)CCOCc1ccccc1)c1ccccc1F. The first-order valence-electron chi connectivity index (χ1n) is 9.40. The summed E-state index contributed by atoms with van der Waals surface area (Å²) in [7, 11) is 1.87. The van der Waals surface area contributed by atoms with Crippen molar-refractivity contribution < 1.29 is 14.2 Å². The molecule has 0 fully saturated rings. The van der Waals surface area contributed by atoms with Crippen LogP contribution in [0.4, 0.5) is 4.39 Å². The molecule has 0 amide bonds. The number of ether oxygens (including phenoxy) is 1. The van der Waals surface area contributed by atoms with Crippen LogP contribution in [0.25, 0.3) is 0 Å². The summed E-state index contributed by atoms with van der Waals surface area (Å²) >= 11 is 0. The van der Waals surface area contributed by atoms with Gasteiger partial charge < -0.3 is 19.7 Å². The maximum absolute atomic E-state index is 14.3. The summed E-state index contributed by atoms with van der Waals surface area (Å²) in [4.78, 5) is 4.35. The Morgan fingerprint density at radius 3 is 2.61 bits per heavy atom. The number of hydrogen-bond donors (Lipinski definition) is 2. The Kier molecular flexibility index (Phi) is 7.31. The molecule has 6 heteroatoms. The first-order chi connectivity index (χ1) is 13.6. The molecule has 2 unspecified atom stereocenters. The van der Waals surface area contributed by atoms with Crippen LogP contribution in [-0.2, 0) is 18.4 Å². The molecule has 0 aliphatic heterocycles. The van der Waals surface area contributed by atoms with Crippen LogP contribution in [-0.4, -0.2) is 33.9 Å². The molecule has 0 bridgehead atoms. The molecule has 2 aromatic carbocycles. The smallest absolute Gasteiger partial charge is 0.130 e. The van der Waals surface area contributed by atoms with Crippen LogP contribution in [0.2, 0.25) is 0 Å². The minimum absolute atomic E-state index is 0.302. The fraction of sp³-hybridized carbons (Fsp3) is 0.318. The van der Waals surface area contributed by atoms with Gasteiger partial charge in [0.1, 0.15) is 11.6 Å². The predicted molar refractivity (Wildman–Crippen MR) is 106 cm³/mol. The molecule has 148 valence electrons. The highest BCUT2D eigenvalue weighted by Gasteiger charge is 2.22. The highest BCUT2D eigenvalue weighted by atomic mass is 19.1. The molecule has 0 aliphatic rings. The third-order valence-electron chi connectivity index (χ3n) is 4.60. The molecule has 1 aromatic heterocycles. The third kappa shape index (κ3) is 5.48. The molecule has 0 saturated heterocycles. The van der Waals surface area contributed by atoms with Crippen LogP contribution in [0.3, 0.4) is 0 Å². The van der Waals surface area contributed by atoms with E-state index in [4.69, 9.17) is 4.74 Å². The average Bonchev–Trinajstić information content (AvgIpc) is 3.13. The number of imidazole rings is 1. The Morgan fingerprint density at radius 2 is 1.89 bits per heavy atom. The summed E-state index contributed by atoms with van der Waals surface area (Å²) in [6, 6.07) is 16.1. The van der Waals surface area contributed by atoms with Crippen molar-refractivity contribution in [2.45, 2.75) is 25.2 Å². The van der Waals surface area contributed by atoms with Gasteiger partial charge in [-0.2, -0.15) is 0 Å². The average molecular weight is 383 g/mol. The molecule has 0 aliphatic carbocycles. The highest BCUT2D eigenvalue weighted by Crippen LogP contribution is 2.23. The first-order valence-corrected chi connectivity index (χ1v) is 9.40. The zero-order chi connectivity index (χ0) is 19.8. The van der Waals surface area contributed by atoms with Gasteiger partial charge >= 0.3 is 0 Å². The molecule has 2 atom stereocenters. The topological polar surface area (TPSA) is 59.3 Å². The van der Waals surface area contributed by atoms with E-state index >= 15 is 0 Å². The van der Waals surface area contributed by atoms with Crippen LogP contribution >= 0.6 is 0 Å². The second-order valence-corrected chi connectivity index (χ2v) is 6.74. The molecule has 0 saturated carbocycles. The Labute approximate surface area is 164 Å². The lowest BCUT2D eigenvalue weighted by Crippen LogP contribution is -2.33. The van der Waals surface area contributed by atoms with Crippen molar-refractivity contribution >= 4 is 0 Å². The van der Waals surface area contributed by atoms with E-state index in [-0.39, 0.29) is 5.82 Å². The van der Waals surface area contributed by atoms with Gasteiger partial charge in [-0.15, -0.1) is 0 Å². The number of nitrogens with one attached hydrogen (secondary N) is 1. The van der Waals surface area contributed by atoms with E-state index in [0.29, 0.717) is 37.6 Å².